The van der Waals surface area contributed by atoms with Crippen molar-refractivity contribution in [1.29, 1.82) is 0 Å². The fourth-order valence-electron chi connectivity index (χ4n) is 2.77. The Kier molecular flexibility index (Phi) is 8.74. The van der Waals surface area contributed by atoms with E-state index in [1.165, 1.54) is 0 Å². The molecular weight excluding hydrogens is 312 g/mol. The van der Waals surface area contributed by atoms with Crippen molar-refractivity contribution >= 4 is 11.9 Å². The maximum Gasteiger partial charge on any atom is 0.310 e. The molecule has 0 aliphatic carbocycles. The molecular formula is C13H22N2O8. The van der Waals surface area contributed by atoms with Crippen LogP contribution in [0.2, 0.25) is 0 Å². The molecule has 0 aliphatic rings. The number of carboxylic acids is 2. The summed E-state index contributed by atoms with van der Waals surface area (Å²) < 4.78 is 0. The van der Waals surface area contributed by atoms with Gasteiger partial charge >= 0.3 is 11.9 Å². The number of hydrogen-bond donors (Lipinski definition) is 2. The number of hydrogen-bond acceptors (Lipinski definition) is 6. The Morgan fingerprint density at radius 1 is 0.870 bits per heavy atom. The lowest BCUT2D eigenvalue weighted by Gasteiger charge is -2.25. The summed E-state index contributed by atoms with van der Waals surface area (Å²) in [4.78, 5) is 42.4. The summed E-state index contributed by atoms with van der Waals surface area (Å²) in [6.45, 7) is 3.29. The molecule has 4 unspecified atom stereocenters. The van der Waals surface area contributed by atoms with Crippen molar-refractivity contribution in [3.63, 3.8) is 0 Å². The van der Waals surface area contributed by atoms with E-state index in [-0.39, 0.29) is 19.3 Å². The molecule has 0 saturated heterocycles. The Morgan fingerprint density at radius 3 is 1.35 bits per heavy atom. The minimum absolute atomic E-state index is 0.0465. The molecule has 2 N–H and O–H groups in total. The molecule has 0 bridgehead atoms. The molecule has 0 amide bonds. The molecule has 4 atom stereocenters. The molecule has 10 nitrogen and oxygen atoms in total. The lowest BCUT2D eigenvalue weighted by molar-refractivity contribution is -0.540. The fourth-order valence-corrected chi connectivity index (χ4v) is 2.77. The van der Waals surface area contributed by atoms with Gasteiger partial charge in [0.15, 0.2) is 0 Å². The fraction of sp³-hybridized carbons (Fsp3) is 0.846. The van der Waals surface area contributed by atoms with Crippen LogP contribution < -0.4 is 0 Å². The average Bonchev–Trinajstić information content (AvgIpc) is 2.43. The van der Waals surface area contributed by atoms with Crippen molar-refractivity contribution in [3.8, 4) is 0 Å². The summed E-state index contributed by atoms with van der Waals surface area (Å²) in [5.41, 5.74) is 0. The second kappa shape index (κ2) is 9.70. The van der Waals surface area contributed by atoms with Crippen LogP contribution >= 0.6 is 0 Å². The summed E-state index contributed by atoms with van der Waals surface area (Å²) in [5.74, 6) is -3.95. The zero-order valence-corrected chi connectivity index (χ0v) is 13.1. The van der Waals surface area contributed by atoms with Gasteiger partial charge in [-0.05, 0) is 19.3 Å². The predicted octanol–water partition coefficient (Wildman–Crippen LogP) is 1.67. The van der Waals surface area contributed by atoms with Crippen molar-refractivity contribution in [2.45, 2.75) is 58.0 Å². The molecule has 0 aromatic heterocycles. The first-order chi connectivity index (χ1) is 10.6. The zero-order valence-electron chi connectivity index (χ0n) is 13.1. The third-order valence-corrected chi connectivity index (χ3v) is 4.05. The largest absolute Gasteiger partial charge is 0.481 e. The van der Waals surface area contributed by atoms with E-state index in [0.29, 0.717) is 0 Å². The van der Waals surface area contributed by atoms with Gasteiger partial charge in [-0.3, -0.25) is 29.8 Å². The number of nitro groups is 2. The molecule has 0 rings (SSSR count). The van der Waals surface area contributed by atoms with E-state index in [2.05, 4.69) is 0 Å². The number of carboxylic acid groups (broad SMARTS) is 2. The van der Waals surface area contributed by atoms with Crippen LogP contribution in [0.15, 0.2) is 0 Å². The maximum absolute atomic E-state index is 11.1. The topological polar surface area (TPSA) is 161 Å². The zero-order chi connectivity index (χ0) is 18.2. The van der Waals surface area contributed by atoms with Crippen molar-refractivity contribution in [3.05, 3.63) is 20.2 Å². The van der Waals surface area contributed by atoms with Crippen molar-refractivity contribution in [2.24, 2.45) is 11.8 Å². The van der Waals surface area contributed by atoms with E-state index in [0.717, 1.165) is 0 Å². The first-order valence-electron chi connectivity index (χ1n) is 7.34. The first-order valence-corrected chi connectivity index (χ1v) is 7.34. The van der Waals surface area contributed by atoms with Gasteiger partial charge in [0.2, 0.25) is 12.1 Å². The Labute approximate surface area is 132 Å². The van der Waals surface area contributed by atoms with E-state index in [1.807, 2.05) is 0 Å². The third-order valence-electron chi connectivity index (χ3n) is 4.05. The number of aliphatic carboxylic acids is 2. The molecule has 23 heavy (non-hydrogen) atoms. The van der Waals surface area contributed by atoms with Crippen LogP contribution in [-0.4, -0.2) is 44.1 Å². The lowest BCUT2D eigenvalue weighted by Crippen LogP contribution is -2.37. The van der Waals surface area contributed by atoms with E-state index < -0.39 is 58.5 Å². The molecule has 0 fully saturated rings. The van der Waals surface area contributed by atoms with E-state index >= 15 is 0 Å². The van der Waals surface area contributed by atoms with Crippen LogP contribution in [-0.2, 0) is 9.59 Å². The predicted molar refractivity (Wildman–Crippen MR) is 78.2 cm³/mol. The normalized spacial score (nSPS) is 16.1. The Morgan fingerprint density at radius 2 is 1.17 bits per heavy atom. The first kappa shape index (κ1) is 20.7. The van der Waals surface area contributed by atoms with Gasteiger partial charge in [0, 0.05) is 21.7 Å². The number of rotatable bonds is 12. The van der Waals surface area contributed by atoms with Gasteiger partial charge < -0.3 is 10.2 Å². The molecule has 0 aromatic carbocycles. The highest BCUT2D eigenvalue weighted by atomic mass is 16.6. The van der Waals surface area contributed by atoms with Gasteiger partial charge in [-0.25, -0.2) is 0 Å². The summed E-state index contributed by atoms with van der Waals surface area (Å²) >= 11 is 0. The van der Waals surface area contributed by atoms with Gasteiger partial charge in [-0.15, -0.1) is 0 Å². The van der Waals surface area contributed by atoms with Crippen LogP contribution in [0.3, 0.4) is 0 Å². The van der Waals surface area contributed by atoms with Gasteiger partial charge in [-0.2, -0.15) is 0 Å². The van der Waals surface area contributed by atoms with Crippen LogP contribution in [0.1, 0.15) is 46.0 Å². The van der Waals surface area contributed by atoms with E-state index in [4.69, 9.17) is 10.2 Å². The smallest absolute Gasteiger partial charge is 0.310 e. The molecule has 0 spiro atoms. The average molecular weight is 334 g/mol. The standard InChI is InChI=1S/C13H22N2O8/c1-3-8(10(14(20)21)6-12(16)17)5-9(4-2)11(15(22)23)7-13(18)19/h8-11H,3-7H2,1-2H3,(H,16,17)(H,18,19). The Balaban J connectivity index is 5.28. The monoisotopic (exact) mass is 334 g/mol. The summed E-state index contributed by atoms with van der Waals surface area (Å²) in [6, 6.07) is -2.69. The second-order valence-electron chi connectivity index (χ2n) is 5.47. The molecule has 10 heteroatoms. The van der Waals surface area contributed by atoms with Gasteiger partial charge in [-0.1, -0.05) is 13.8 Å². The second-order valence-corrected chi connectivity index (χ2v) is 5.47. The van der Waals surface area contributed by atoms with Gasteiger partial charge in [0.05, 0.1) is 0 Å². The van der Waals surface area contributed by atoms with Crippen molar-refractivity contribution < 1.29 is 29.6 Å². The third kappa shape index (κ3) is 7.02. The molecule has 0 aromatic rings. The van der Waals surface area contributed by atoms with Crippen molar-refractivity contribution in [1.82, 2.24) is 0 Å². The molecule has 0 radical (unpaired) electrons. The summed E-state index contributed by atoms with van der Waals surface area (Å²) in [6.07, 6.45) is -0.710. The Hall–Kier alpha value is -2.26. The van der Waals surface area contributed by atoms with Crippen molar-refractivity contribution in [2.75, 3.05) is 0 Å². The van der Waals surface area contributed by atoms with Gasteiger partial charge in [0.1, 0.15) is 12.8 Å². The number of nitrogens with zero attached hydrogens (tertiary/aromatic N) is 2. The van der Waals surface area contributed by atoms with Crippen LogP contribution in [0.25, 0.3) is 0 Å². The SMILES string of the molecule is CCC(CC(CC)C(CC(=O)O)[N+](=O)[O-])C(CC(=O)O)[N+](=O)[O-]. The summed E-state index contributed by atoms with van der Waals surface area (Å²) in [7, 11) is 0. The molecule has 0 heterocycles. The highest BCUT2D eigenvalue weighted by Crippen LogP contribution is 2.29. The minimum Gasteiger partial charge on any atom is -0.481 e. The van der Waals surface area contributed by atoms with Crippen LogP contribution in [0, 0.1) is 32.1 Å². The Bertz CT molecular complexity index is 413. The van der Waals surface area contributed by atoms with E-state index in [9.17, 15) is 29.8 Å². The molecule has 0 saturated carbocycles. The van der Waals surface area contributed by atoms with Gasteiger partial charge in [0.25, 0.3) is 0 Å². The molecule has 0 aliphatic heterocycles. The summed E-state index contributed by atoms with van der Waals surface area (Å²) in [5, 5.41) is 39.8. The number of carbonyl (C=O) groups is 2. The molecule has 132 valence electrons. The minimum atomic E-state index is -1.34. The maximum atomic E-state index is 11.1. The highest BCUT2D eigenvalue weighted by molar-refractivity contribution is 5.67. The van der Waals surface area contributed by atoms with Crippen LogP contribution in [0.5, 0.6) is 0 Å². The highest BCUT2D eigenvalue weighted by Gasteiger charge is 2.39. The van der Waals surface area contributed by atoms with Crippen LogP contribution in [0.4, 0.5) is 0 Å². The van der Waals surface area contributed by atoms with E-state index in [1.54, 1.807) is 13.8 Å². The lowest BCUT2D eigenvalue weighted by atomic mass is 9.80. The quantitative estimate of drug-likeness (QED) is 0.402.